The molecule has 3 amide bonds. The predicted molar refractivity (Wildman–Crippen MR) is 101 cm³/mol. The first-order valence-electron chi connectivity index (χ1n) is 7.82. The molecular weight excluding hydrogens is 361 g/mol. The van der Waals surface area contributed by atoms with Crippen LogP contribution in [0.4, 0.5) is 16.2 Å². The quantitative estimate of drug-likeness (QED) is 0.868. The van der Waals surface area contributed by atoms with Crippen LogP contribution in [-0.4, -0.2) is 36.5 Å². The Morgan fingerprint density at radius 3 is 2.56 bits per heavy atom. The van der Waals surface area contributed by atoms with E-state index in [1.54, 1.807) is 23.1 Å². The van der Waals surface area contributed by atoms with E-state index in [9.17, 15) is 9.59 Å². The summed E-state index contributed by atoms with van der Waals surface area (Å²) in [4.78, 5) is 27.9. The molecule has 0 atom stereocenters. The molecular formula is C18H17Cl2N3O2. The molecule has 0 spiro atoms. The Hall–Kier alpha value is -2.24. The zero-order valence-corrected chi connectivity index (χ0v) is 15.1. The van der Waals surface area contributed by atoms with Crippen LogP contribution in [0.5, 0.6) is 0 Å². The minimum absolute atomic E-state index is 0.0377. The molecule has 3 rings (SSSR count). The summed E-state index contributed by atoms with van der Waals surface area (Å²) in [7, 11) is 0. The molecule has 0 radical (unpaired) electrons. The molecule has 5 nitrogen and oxygen atoms in total. The average Bonchev–Trinajstić information content (AvgIpc) is 2.93. The molecule has 0 unspecified atom stereocenters. The van der Waals surface area contributed by atoms with Gasteiger partial charge in [0.25, 0.3) is 0 Å². The third kappa shape index (κ3) is 3.89. The van der Waals surface area contributed by atoms with Crippen molar-refractivity contribution in [2.75, 3.05) is 29.9 Å². The zero-order valence-electron chi connectivity index (χ0n) is 13.6. The second-order valence-corrected chi connectivity index (χ2v) is 6.63. The molecule has 1 heterocycles. The molecule has 1 aliphatic heterocycles. The summed E-state index contributed by atoms with van der Waals surface area (Å²) < 4.78 is 0. The summed E-state index contributed by atoms with van der Waals surface area (Å²) in [6, 6.07) is 12.5. The highest BCUT2D eigenvalue weighted by Crippen LogP contribution is 2.29. The lowest BCUT2D eigenvalue weighted by atomic mass is 10.2. The molecule has 0 aliphatic carbocycles. The smallest absolute Gasteiger partial charge is 0.323 e. The molecule has 7 heteroatoms. The molecule has 1 N–H and O–H groups in total. The van der Waals surface area contributed by atoms with Crippen molar-refractivity contribution in [2.45, 2.75) is 6.92 Å². The highest BCUT2D eigenvalue weighted by Gasteiger charge is 2.30. The highest BCUT2D eigenvalue weighted by atomic mass is 35.5. The van der Waals surface area contributed by atoms with Crippen LogP contribution in [0.15, 0.2) is 42.5 Å². The van der Waals surface area contributed by atoms with Gasteiger partial charge in [-0.15, -0.1) is 0 Å². The number of carbonyl (C=O) groups is 2. The van der Waals surface area contributed by atoms with Crippen LogP contribution in [0.1, 0.15) is 5.56 Å². The average molecular weight is 378 g/mol. The van der Waals surface area contributed by atoms with Crippen molar-refractivity contribution < 1.29 is 9.59 Å². The van der Waals surface area contributed by atoms with E-state index < -0.39 is 0 Å². The third-order valence-corrected chi connectivity index (χ3v) is 4.82. The van der Waals surface area contributed by atoms with Gasteiger partial charge < -0.3 is 10.2 Å². The number of nitrogens with one attached hydrogen (secondary N) is 1. The van der Waals surface area contributed by atoms with Gasteiger partial charge in [0, 0.05) is 18.8 Å². The maximum Gasteiger partial charge on any atom is 0.325 e. The molecule has 1 fully saturated rings. The van der Waals surface area contributed by atoms with Gasteiger partial charge in [0.1, 0.15) is 6.54 Å². The normalized spacial score (nSPS) is 14.1. The van der Waals surface area contributed by atoms with Crippen LogP contribution in [-0.2, 0) is 4.79 Å². The second-order valence-electron chi connectivity index (χ2n) is 5.84. The highest BCUT2D eigenvalue weighted by molar-refractivity contribution is 6.44. The largest absolute Gasteiger partial charge is 0.325 e. The topological polar surface area (TPSA) is 52.6 Å². The Morgan fingerprint density at radius 2 is 1.84 bits per heavy atom. The molecule has 2 aromatic carbocycles. The lowest BCUT2D eigenvalue weighted by molar-refractivity contribution is -0.116. The van der Waals surface area contributed by atoms with E-state index in [2.05, 4.69) is 5.32 Å². The van der Waals surface area contributed by atoms with E-state index in [-0.39, 0.29) is 23.5 Å². The molecule has 0 bridgehead atoms. The van der Waals surface area contributed by atoms with Crippen molar-refractivity contribution in [1.29, 1.82) is 0 Å². The van der Waals surface area contributed by atoms with Gasteiger partial charge in [0.05, 0.1) is 15.7 Å². The van der Waals surface area contributed by atoms with Crippen molar-refractivity contribution in [3.8, 4) is 0 Å². The van der Waals surface area contributed by atoms with Crippen LogP contribution in [0.25, 0.3) is 0 Å². The number of benzene rings is 2. The Bertz CT molecular complexity index is 808. The third-order valence-electron chi connectivity index (χ3n) is 4.00. The maximum absolute atomic E-state index is 12.5. The molecule has 130 valence electrons. The van der Waals surface area contributed by atoms with Gasteiger partial charge in [-0.25, -0.2) is 4.79 Å². The van der Waals surface area contributed by atoms with E-state index >= 15 is 0 Å². The van der Waals surface area contributed by atoms with Gasteiger partial charge >= 0.3 is 6.03 Å². The SMILES string of the molecule is Cc1ccc(N2CCN(CC(=O)Nc3cccc(Cl)c3Cl)C2=O)cc1. The monoisotopic (exact) mass is 377 g/mol. The number of urea groups is 1. The number of halogens is 2. The van der Waals surface area contributed by atoms with E-state index in [1.165, 1.54) is 4.90 Å². The van der Waals surface area contributed by atoms with Crippen molar-refractivity contribution in [3.05, 3.63) is 58.1 Å². The molecule has 1 aliphatic rings. The van der Waals surface area contributed by atoms with Crippen molar-refractivity contribution >= 4 is 46.5 Å². The van der Waals surface area contributed by atoms with Gasteiger partial charge in [-0.05, 0) is 31.2 Å². The van der Waals surface area contributed by atoms with E-state index in [0.29, 0.717) is 23.8 Å². The number of nitrogens with zero attached hydrogens (tertiary/aromatic N) is 2. The van der Waals surface area contributed by atoms with E-state index in [1.807, 2.05) is 31.2 Å². The summed E-state index contributed by atoms with van der Waals surface area (Å²) in [5.74, 6) is -0.316. The summed E-state index contributed by atoms with van der Waals surface area (Å²) in [6.07, 6.45) is 0. The second kappa shape index (κ2) is 7.33. The first-order chi connectivity index (χ1) is 12.0. The number of amides is 3. The van der Waals surface area contributed by atoms with Gasteiger partial charge in [-0.2, -0.15) is 0 Å². The maximum atomic E-state index is 12.5. The van der Waals surface area contributed by atoms with E-state index in [0.717, 1.165) is 11.3 Å². The van der Waals surface area contributed by atoms with Crippen LogP contribution in [0, 0.1) is 6.92 Å². The van der Waals surface area contributed by atoms with Crippen LogP contribution >= 0.6 is 23.2 Å². The molecule has 0 saturated carbocycles. The summed E-state index contributed by atoms with van der Waals surface area (Å²) in [5, 5.41) is 3.34. The predicted octanol–water partition coefficient (Wildman–Crippen LogP) is 4.18. The molecule has 1 saturated heterocycles. The van der Waals surface area contributed by atoms with Crippen molar-refractivity contribution in [2.24, 2.45) is 0 Å². The Morgan fingerprint density at radius 1 is 1.12 bits per heavy atom. The van der Waals surface area contributed by atoms with Crippen LogP contribution in [0.2, 0.25) is 10.0 Å². The minimum Gasteiger partial charge on any atom is -0.323 e. The standard InChI is InChI=1S/C18H17Cl2N3O2/c1-12-5-7-13(8-6-12)23-10-9-22(18(23)25)11-16(24)21-15-4-2-3-14(19)17(15)20/h2-8H,9-11H2,1H3,(H,21,24). The molecule has 2 aromatic rings. The lowest BCUT2D eigenvalue weighted by Gasteiger charge is -2.19. The Balaban J connectivity index is 1.63. The lowest BCUT2D eigenvalue weighted by Crippen LogP contribution is -2.37. The summed E-state index contributed by atoms with van der Waals surface area (Å²) in [5.41, 5.74) is 2.39. The fourth-order valence-electron chi connectivity index (χ4n) is 2.66. The number of rotatable bonds is 4. The minimum atomic E-state index is -0.316. The molecule has 0 aromatic heterocycles. The fraction of sp³-hybridized carbons (Fsp3) is 0.222. The van der Waals surface area contributed by atoms with Crippen molar-refractivity contribution in [1.82, 2.24) is 4.90 Å². The summed E-state index contributed by atoms with van der Waals surface area (Å²) >= 11 is 12.0. The number of carbonyl (C=O) groups excluding carboxylic acids is 2. The number of aryl methyl sites for hydroxylation is 1. The van der Waals surface area contributed by atoms with Gasteiger partial charge in [-0.3, -0.25) is 9.69 Å². The Labute approximate surface area is 156 Å². The van der Waals surface area contributed by atoms with E-state index in [4.69, 9.17) is 23.2 Å². The first-order valence-corrected chi connectivity index (χ1v) is 8.58. The zero-order chi connectivity index (χ0) is 18.0. The van der Waals surface area contributed by atoms with Gasteiger partial charge in [0.2, 0.25) is 5.91 Å². The van der Waals surface area contributed by atoms with Gasteiger partial charge in [0.15, 0.2) is 0 Å². The fourth-order valence-corrected chi connectivity index (χ4v) is 3.00. The summed E-state index contributed by atoms with van der Waals surface area (Å²) in [6.45, 7) is 2.99. The Kier molecular flexibility index (Phi) is 5.16. The number of anilines is 2. The molecule has 25 heavy (non-hydrogen) atoms. The van der Waals surface area contributed by atoms with Crippen molar-refractivity contribution in [3.63, 3.8) is 0 Å². The van der Waals surface area contributed by atoms with Crippen LogP contribution < -0.4 is 10.2 Å². The number of hydrogen-bond donors (Lipinski definition) is 1. The van der Waals surface area contributed by atoms with Gasteiger partial charge in [-0.1, -0.05) is 47.0 Å². The van der Waals surface area contributed by atoms with Crippen LogP contribution in [0.3, 0.4) is 0 Å². The first kappa shape index (κ1) is 17.6. The number of hydrogen-bond acceptors (Lipinski definition) is 2.